The zero-order chi connectivity index (χ0) is 12.3. The number of anilines is 1. The normalized spacial score (nSPS) is 11.5. The summed E-state index contributed by atoms with van der Waals surface area (Å²) < 4.78 is 0. The number of fused-ring (bicyclic) bond motifs is 1. The molecule has 0 bridgehead atoms. The Morgan fingerprint density at radius 2 is 2.00 bits per heavy atom. The molecule has 0 spiro atoms. The van der Waals surface area contributed by atoms with Crippen LogP contribution < -0.4 is 5.32 Å². The third-order valence-corrected chi connectivity index (χ3v) is 2.38. The van der Waals surface area contributed by atoms with Gasteiger partial charge in [-0.1, -0.05) is 18.2 Å². The summed E-state index contributed by atoms with van der Waals surface area (Å²) >= 11 is 0. The Kier molecular flexibility index (Phi) is 3.19. The van der Waals surface area contributed by atoms with Crippen molar-refractivity contribution >= 4 is 22.4 Å². The minimum Gasteiger partial charge on any atom is -0.357 e. The van der Waals surface area contributed by atoms with Crippen molar-refractivity contribution in [1.82, 2.24) is 4.98 Å². The molecular weight excluding hydrogens is 212 g/mol. The molecule has 17 heavy (non-hydrogen) atoms. The monoisotopic (exact) mass is 226 g/mol. The summed E-state index contributed by atoms with van der Waals surface area (Å²) in [6, 6.07) is 9.85. The highest BCUT2D eigenvalue weighted by atomic mass is 16.1. The first-order valence-electron chi connectivity index (χ1n) is 5.46. The molecule has 0 amide bonds. The van der Waals surface area contributed by atoms with Crippen LogP contribution in [0.25, 0.3) is 10.9 Å². The number of nitrogens with zero attached hydrogens (tertiary/aromatic N) is 1. The molecule has 1 aromatic carbocycles. The van der Waals surface area contributed by atoms with Crippen LogP contribution in [0, 0.1) is 0 Å². The second kappa shape index (κ2) is 4.78. The van der Waals surface area contributed by atoms with Crippen molar-refractivity contribution in [3.63, 3.8) is 0 Å². The average Bonchev–Trinajstić information content (AvgIpc) is 2.28. The number of hydrogen-bond donors (Lipinski definition) is 1. The quantitative estimate of drug-likeness (QED) is 0.817. The Balaban J connectivity index is 2.39. The van der Waals surface area contributed by atoms with Gasteiger partial charge in [-0.25, -0.2) is 0 Å². The van der Waals surface area contributed by atoms with Crippen LogP contribution in [0.5, 0.6) is 0 Å². The van der Waals surface area contributed by atoms with E-state index in [9.17, 15) is 4.79 Å². The summed E-state index contributed by atoms with van der Waals surface area (Å²) in [5, 5.41) is 4.27. The lowest BCUT2D eigenvalue weighted by Gasteiger charge is -2.08. The van der Waals surface area contributed by atoms with Crippen molar-refractivity contribution in [2.75, 3.05) is 5.32 Å². The topological polar surface area (TPSA) is 42.0 Å². The van der Waals surface area contributed by atoms with Crippen molar-refractivity contribution in [3.05, 3.63) is 48.3 Å². The van der Waals surface area contributed by atoms with Gasteiger partial charge in [0.2, 0.25) is 0 Å². The van der Waals surface area contributed by atoms with E-state index in [1.54, 1.807) is 12.3 Å². The number of carbonyl (C=O) groups is 1. The lowest BCUT2D eigenvalue weighted by Crippen LogP contribution is -1.99. The first kappa shape index (κ1) is 11.3. The van der Waals surface area contributed by atoms with Crippen LogP contribution in [0.4, 0.5) is 5.69 Å². The number of carbonyl (C=O) groups excluding carboxylic acids is 1. The number of allylic oxidation sites excluding steroid dienone is 2. The van der Waals surface area contributed by atoms with Crippen LogP contribution in [-0.2, 0) is 4.79 Å². The molecule has 0 fully saturated rings. The lowest BCUT2D eigenvalue weighted by molar-refractivity contribution is -0.112. The predicted molar refractivity (Wildman–Crippen MR) is 69.8 cm³/mol. The van der Waals surface area contributed by atoms with Gasteiger partial charge in [-0.3, -0.25) is 9.78 Å². The van der Waals surface area contributed by atoms with Crippen LogP contribution in [0.15, 0.2) is 48.3 Å². The van der Waals surface area contributed by atoms with Crippen LogP contribution in [0.2, 0.25) is 0 Å². The summed E-state index contributed by atoms with van der Waals surface area (Å²) in [7, 11) is 0. The summed E-state index contributed by atoms with van der Waals surface area (Å²) in [6.07, 6.45) is 3.33. The highest BCUT2D eigenvalue weighted by molar-refractivity contribution is 5.92. The molecule has 1 N–H and O–H groups in total. The molecule has 0 unspecified atom stereocenters. The number of hydrogen-bond acceptors (Lipinski definition) is 3. The van der Waals surface area contributed by atoms with Gasteiger partial charge in [0.25, 0.3) is 0 Å². The molecule has 0 radical (unpaired) electrons. The standard InChI is InChI=1S/C14H14N2O/c1-10(9-11(2)17)16-13-7-3-5-12-6-4-8-15-14(12)13/h3-9,16H,1-2H3/b10-9+. The molecule has 3 nitrogen and oxygen atoms in total. The van der Waals surface area contributed by atoms with E-state index in [2.05, 4.69) is 10.3 Å². The number of pyridine rings is 1. The fourth-order valence-corrected chi connectivity index (χ4v) is 1.76. The number of benzene rings is 1. The Labute approximate surface area is 100 Å². The molecule has 0 aliphatic rings. The van der Waals surface area contributed by atoms with Crippen molar-refractivity contribution < 1.29 is 4.79 Å². The molecule has 0 atom stereocenters. The molecular formula is C14H14N2O. The Hall–Kier alpha value is -2.16. The maximum atomic E-state index is 11.0. The number of rotatable bonds is 3. The summed E-state index contributed by atoms with van der Waals surface area (Å²) in [4.78, 5) is 15.3. The lowest BCUT2D eigenvalue weighted by atomic mass is 10.2. The van der Waals surface area contributed by atoms with Gasteiger partial charge >= 0.3 is 0 Å². The van der Waals surface area contributed by atoms with Gasteiger partial charge in [-0.2, -0.15) is 0 Å². The molecule has 1 heterocycles. The van der Waals surface area contributed by atoms with Crippen molar-refractivity contribution in [1.29, 1.82) is 0 Å². The van der Waals surface area contributed by atoms with E-state index in [4.69, 9.17) is 0 Å². The maximum absolute atomic E-state index is 11.0. The fourth-order valence-electron chi connectivity index (χ4n) is 1.76. The van der Waals surface area contributed by atoms with Crippen LogP contribution in [-0.4, -0.2) is 10.8 Å². The average molecular weight is 226 g/mol. The zero-order valence-electron chi connectivity index (χ0n) is 9.90. The third-order valence-electron chi connectivity index (χ3n) is 2.38. The van der Waals surface area contributed by atoms with Crippen molar-refractivity contribution in [2.24, 2.45) is 0 Å². The molecule has 2 aromatic rings. The van der Waals surface area contributed by atoms with Gasteiger partial charge in [0.05, 0.1) is 11.2 Å². The SMILES string of the molecule is CC(=O)/C=C(\C)Nc1cccc2cccnc12. The minimum atomic E-state index is 0.0307. The number of nitrogens with one attached hydrogen (secondary N) is 1. The highest BCUT2D eigenvalue weighted by Gasteiger charge is 2.01. The Morgan fingerprint density at radius 3 is 2.76 bits per heavy atom. The molecule has 86 valence electrons. The van der Waals surface area contributed by atoms with E-state index in [1.165, 1.54) is 6.92 Å². The second-order valence-electron chi connectivity index (χ2n) is 3.94. The predicted octanol–water partition coefficient (Wildman–Crippen LogP) is 3.14. The minimum absolute atomic E-state index is 0.0307. The molecule has 0 saturated heterocycles. The smallest absolute Gasteiger partial charge is 0.154 e. The third kappa shape index (κ3) is 2.69. The Bertz CT molecular complexity index is 582. The van der Waals surface area contributed by atoms with Gasteiger partial charge in [0.1, 0.15) is 0 Å². The molecule has 0 saturated carbocycles. The number of para-hydroxylation sites is 1. The summed E-state index contributed by atoms with van der Waals surface area (Å²) in [5.41, 5.74) is 2.64. The molecule has 2 rings (SSSR count). The van der Waals surface area contributed by atoms with Gasteiger partial charge in [0, 0.05) is 17.3 Å². The summed E-state index contributed by atoms with van der Waals surface area (Å²) in [5.74, 6) is 0.0307. The zero-order valence-corrected chi connectivity index (χ0v) is 9.90. The van der Waals surface area contributed by atoms with Gasteiger partial charge in [0.15, 0.2) is 5.78 Å². The Morgan fingerprint density at radius 1 is 1.24 bits per heavy atom. The van der Waals surface area contributed by atoms with Gasteiger partial charge < -0.3 is 5.32 Å². The van der Waals surface area contributed by atoms with Gasteiger partial charge in [-0.05, 0) is 32.1 Å². The van der Waals surface area contributed by atoms with E-state index >= 15 is 0 Å². The first-order chi connectivity index (χ1) is 8.16. The molecule has 3 heteroatoms. The van der Waals surface area contributed by atoms with E-state index in [0.29, 0.717) is 0 Å². The van der Waals surface area contributed by atoms with Crippen LogP contribution >= 0.6 is 0 Å². The molecule has 0 aliphatic heterocycles. The molecule has 1 aromatic heterocycles. The van der Waals surface area contributed by atoms with E-state index in [1.807, 2.05) is 37.3 Å². The number of aromatic nitrogens is 1. The fraction of sp³-hybridized carbons (Fsp3) is 0.143. The van der Waals surface area contributed by atoms with Crippen molar-refractivity contribution in [3.8, 4) is 0 Å². The van der Waals surface area contributed by atoms with Gasteiger partial charge in [-0.15, -0.1) is 0 Å². The highest BCUT2D eigenvalue weighted by Crippen LogP contribution is 2.21. The first-order valence-corrected chi connectivity index (χ1v) is 5.46. The van der Waals surface area contributed by atoms with E-state index < -0.39 is 0 Å². The summed E-state index contributed by atoms with van der Waals surface area (Å²) in [6.45, 7) is 3.40. The maximum Gasteiger partial charge on any atom is 0.154 e. The van der Waals surface area contributed by atoms with E-state index in [-0.39, 0.29) is 5.78 Å². The largest absolute Gasteiger partial charge is 0.357 e. The van der Waals surface area contributed by atoms with Crippen molar-refractivity contribution in [2.45, 2.75) is 13.8 Å². The number of ketones is 1. The molecule has 0 aliphatic carbocycles. The van der Waals surface area contributed by atoms with E-state index in [0.717, 1.165) is 22.3 Å². The second-order valence-corrected chi connectivity index (χ2v) is 3.94. The van der Waals surface area contributed by atoms with Crippen LogP contribution in [0.3, 0.4) is 0 Å². The van der Waals surface area contributed by atoms with Crippen LogP contribution in [0.1, 0.15) is 13.8 Å².